The van der Waals surface area contributed by atoms with E-state index in [9.17, 15) is 0 Å². The van der Waals surface area contributed by atoms with E-state index in [2.05, 4.69) is 9.80 Å². The van der Waals surface area contributed by atoms with Crippen LogP contribution in [0.3, 0.4) is 0 Å². The van der Waals surface area contributed by atoms with Gasteiger partial charge in [0.25, 0.3) is 0 Å². The minimum Gasteiger partial charge on any atom is -0.393 e. The van der Waals surface area contributed by atoms with Crippen LogP contribution >= 0.6 is 12.2 Å². The molecule has 0 aromatic rings. The van der Waals surface area contributed by atoms with Gasteiger partial charge in [-0.25, -0.2) is 0 Å². The molecule has 2 rings (SSSR count). The van der Waals surface area contributed by atoms with Gasteiger partial charge in [0.1, 0.15) is 0 Å². The maximum Gasteiger partial charge on any atom is 0.0740 e. The number of likely N-dealkylation sites (tertiary alicyclic amines) is 2. The number of hydrogen-bond donors (Lipinski definition) is 1. The Morgan fingerprint density at radius 3 is 2.67 bits per heavy atom. The molecule has 0 amide bonds. The molecule has 0 bridgehead atoms. The summed E-state index contributed by atoms with van der Waals surface area (Å²) in [6.07, 6.45) is 4.99. The first-order chi connectivity index (χ1) is 7.25. The smallest absolute Gasteiger partial charge is 0.0740 e. The van der Waals surface area contributed by atoms with Crippen LogP contribution in [0.2, 0.25) is 0 Å². The predicted molar refractivity (Wildman–Crippen MR) is 67.1 cm³/mol. The third-order valence-corrected chi connectivity index (χ3v) is 3.78. The molecule has 2 aliphatic heterocycles. The van der Waals surface area contributed by atoms with Crippen LogP contribution in [0.5, 0.6) is 0 Å². The molecule has 86 valence electrons. The summed E-state index contributed by atoms with van der Waals surface area (Å²) in [6, 6.07) is 0.804. The zero-order chi connectivity index (χ0) is 10.7. The monoisotopic (exact) mass is 227 g/mol. The Labute approximate surface area is 97.6 Å². The summed E-state index contributed by atoms with van der Waals surface area (Å²) in [5, 5.41) is 0. The van der Waals surface area contributed by atoms with Gasteiger partial charge in [0.15, 0.2) is 0 Å². The zero-order valence-electron chi connectivity index (χ0n) is 9.32. The van der Waals surface area contributed by atoms with Crippen LogP contribution < -0.4 is 5.73 Å². The highest BCUT2D eigenvalue weighted by atomic mass is 32.1. The summed E-state index contributed by atoms with van der Waals surface area (Å²) in [7, 11) is 0. The van der Waals surface area contributed by atoms with E-state index in [4.69, 9.17) is 18.0 Å². The lowest BCUT2D eigenvalue weighted by Gasteiger charge is -2.23. The number of nitrogens with zero attached hydrogens (tertiary/aromatic N) is 2. The molecule has 0 saturated carbocycles. The van der Waals surface area contributed by atoms with Crippen LogP contribution in [0.25, 0.3) is 0 Å². The first kappa shape index (κ1) is 11.3. The Morgan fingerprint density at radius 2 is 2.00 bits per heavy atom. The molecule has 0 radical (unpaired) electrons. The second-order valence-corrected chi connectivity index (χ2v) is 5.23. The van der Waals surface area contributed by atoms with E-state index < -0.39 is 0 Å². The second kappa shape index (κ2) is 5.23. The van der Waals surface area contributed by atoms with Gasteiger partial charge in [0, 0.05) is 25.6 Å². The molecule has 2 N–H and O–H groups in total. The molecular weight excluding hydrogens is 206 g/mol. The molecule has 1 unspecified atom stereocenters. The number of thiocarbonyl (C=S) groups is 1. The SMILES string of the molecule is NC(=S)CCN1CCC(N2CCCC2)C1. The molecule has 2 saturated heterocycles. The first-order valence-electron chi connectivity index (χ1n) is 6.00. The third-order valence-electron chi connectivity index (χ3n) is 3.58. The van der Waals surface area contributed by atoms with E-state index in [-0.39, 0.29) is 0 Å². The molecule has 4 heteroatoms. The Bertz CT molecular complexity index is 226. The van der Waals surface area contributed by atoms with Gasteiger partial charge >= 0.3 is 0 Å². The van der Waals surface area contributed by atoms with Crippen molar-refractivity contribution in [2.45, 2.75) is 31.7 Å². The van der Waals surface area contributed by atoms with Gasteiger partial charge in [-0.2, -0.15) is 0 Å². The topological polar surface area (TPSA) is 32.5 Å². The molecule has 3 nitrogen and oxygen atoms in total. The van der Waals surface area contributed by atoms with E-state index in [1.165, 1.54) is 45.4 Å². The van der Waals surface area contributed by atoms with Crippen LogP contribution in [0.4, 0.5) is 0 Å². The van der Waals surface area contributed by atoms with Crippen LogP contribution in [0.1, 0.15) is 25.7 Å². The molecule has 2 aliphatic rings. The highest BCUT2D eigenvalue weighted by molar-refractivity contribution is 7.80. The van der Waals surface area contributed by atoms with Crippen molar-refractivity contribution in [3.63, 3.8) is 0 Å². The van der Waals surface area contributed by atoms with Crippen molar-refractivity contribution >= 4 is 17.2 Å². The lowest BCUT2D eigenvalue weighted by Crippen LogP contribution is -2.35. The Morgan fingerprint density at radius 1 is 1.27 bits per heavy atom. The van der Waals surface area contributed by atoms with Crippen molar-refractivity contribution in [2.75, 3.05) is 32.7 Å². The van der Waals surface area contributed by atoms with Gasteiger partial charge < -0.3 is 10.6 Å². The van der Waals surface area contributed by atoms with Crippen LogP contribution in [-0.4, -0.2) is 53.6 Å². The van der Waals surface area contributed by atoms with Crippen molar-refractivity contribution < 1.29 is 0 Å². The minimum atomic E-state index is 0.652. The average Bonchev–Trinajstić information content (AvgIpc) is 2.85. The van der Waals surface area contributed by atoms with Crippen LogP contribution in [0.15, 0.2) is 0 Å². The first-order valence-corrected chi connectivity index (χ1v) is 6.41. The summed E-state index contributed by atoms with van der Waals surface area (Å²) in [4.78, 5) is 5.81. The van der Waals surface area contributed by atoms with Crippen molar-refractivity contribution in [3.8, 4) is 0 Å². The molecule has 0 spiro atoms. The molecule has 2 fully saturated rings. The van der Waals surface area contributed by atoms with Gasteiger partial charge in [0.05, 0.1) is 4.99 Å². The van der Waals surface area contributed by atoms with Crippen LogP contribution in [0, 0.1) is 0 Å². The van der Waals surface area contributed by atoms with E-state index >= 15 is 0 Å². The molecule has 1 atom stereocenters. The zero-order valence-corrected chi connectivity index (χ0v) is 10.1. The Hall–Kier alpha value is -0.190. The summed E-state index contributed by atoms with van der Waals surface area (Å²) < 4.78 is 0. The minimum absolute atomic E-state index is 0.652. The quantitative estimate of drug-likeness (QED) is 0.721. The van der Waals surface area contributed by atoms with Gasteiger partial charge in [-0.05, 0) is 38.9 Å². The number of nitrogens with two attached hydrogens (primary N) is 1. The molecule has 15 heavy (non-hydrogen) atoms. The van der Waals surface area contributed by atoms with Crippen LogP contribution in [-0.2, 0) is 0 Å². The number of hydrogen-bond acceptors (Lipinski definition) is 3. The van der Waals surface area contributed by atoms with E-state index in [1.807, 2.05) is 0 Å². The van der Waals surface area contributed by atoms with Crippen molar-refractivity contribution in [2.24, 2.45) is 5.73 Å². The predicted octanol–water partition coefficient (Wildman–Crippen LogP) is 0.833. The fourth-order valence-electron chi connectivity index (χ4n) is 2.69. The fourth-order valence-corrected chi connectivity index (χ4v) is 2.78. The highest BCUT2D eigenvalue weighted by Crippen LogP contribution is 2.20. The fraction of sp³-hybridized carbons (Fsp3) is 0.909. The summed E-state index contributed by atoms with van der Waals surface area (Å²) in [6.45, 7) is 6.13. The van der Waals surface area contributed by atoms with Crippen molar-refractivity contribution in [1.29, 1.82) is 0 Å². The average molecular weight is 227 g/mol. The maximum atomic E-state index is 5.52. The van der Waals surface area contributed by atoms with Crippen molar-refractivity contribution in [3.05, 3.63) is 0 Å². The van der Waals surface area contributed by atoms with Gasteiger partial charge in [-0.1, -0.05) is 12.2 Å². The standard InChI is InChI=1S/C11H21N3S/c12-11(15)4-8-13-7-3-10(9-13)14-5-1-2-6-14/h10H,1-9H2,(H2,12,15). The lowest BCUT2D eigenvalue weighted by molar-refractivity contribution is 0.234. The van der Waals surface area contributed by atoms with E-state index in [1.54, 1.807) is 0 Å². The Kier molecular flexibility index (Phi) is 3.94. The Balaban J connectivity index is 1.71. The summed E-state index contributed by atoms with van der Waals surface area (Å²) in [5.74, 6) is 0. The molecule has 0 aromatic heterocycles. The molecule has 0 aromatic carbocycles. The largest absolute Gasteiger partial charge is 0.393 e. The van der Waals surface area contributed by atoms with Gasteiger partial charge in [0.2, 0.25) is 0 Å². The molecule has 2 heterocycles. The van der Waals surface area contributed by atoms with E-state index in [0.717, 1.165) is 19.0 Å². The second-order valence-electron chi connectivity index (χ2n) is 4.70. The lowest BCUT2D eigenvalue weighted by atomic mass is 10.2. The van der Waals surface area contributed by atoms with Gasteiger partial charge in [-0.3, -0.25) is 4.90 Å². The summed E-state index contributed by atoms with van der Waals surface area (Å²) in [5.41, 5.74) is 5.52. The normalized spacial score (nSPS) is 28.7. The van der Waals surface area contributed by atoms with Crippen molar-refractivity contribution in [1.82, 2.24) is 9.80 Å². The highest BCUT2D eigenvalue weighted by Gasteiger charge is 2.28. The van der Waals surface area contributed by atoms with Gasteiger partial charge in [-0.15, -0.1) is 0 Å². The molecular formula is C11H21N3S. The molecule has 0 aliphatic carbocycles. The number of rotatable bonds is 4. The third kappa shape index (κ3) is 3.13. The van der Waals surface area contributed by atoms with E-state index in [0.29, 0.717) is 4.99 Å². The summed E-state index contributed by atoms with van der Waals surface area (Å²) >= 11 is 4.91. The maximum absolute atomic E-state index is 5.52.